The van der Waals surface area contributed by atoms with Crippen molar-refractivity contribution in [3.8, 4) is 11.1 Å². The van der Waals surface area contributed by atoms with E-state index in [9.17, 15) is 22.4 Å². The number of esters is 1. The maximum atomic E-state index is 13.9. The number of carbonyl (C=O) groups is 1. The quantitative estimate of drug-likeness (QED) is 0.654. The van der Waals surface area contributed by atoms with Crippen molar-refractivity contribution in [3.63, 3.8) is 0 Å². The van der Waals surface area contributed by atoms with Crippen molar-refractivity contribution in [2.24, 2.45) is 0 Å². The van der Waals surface area contributed by atoms with Gasteiger partial charge in [0.2, 0.25) is 0 Å². The molecule has 4 nitrogen and oxygen atoms in total. The number of aromatic nitrogens is 1. The zero-order chi connectivity index (χ0) is 17.5. The monoisotopic (exact) mass is 360 g/mol. The van der Waals surface area contributed by atoms with Crippen LogP contribution in [0, 0.1) is 5.82 Å². The average molecular weight is 361 g/mol. The van der Waals surface area contributed by atoms with Gasteiger partial charge in [0.15, 0.2) is 12.0 Å². The van der Waals surface area contributed by atoms with Gasteiger partial charge in [-0.15, -0.1) is 0 Å². The van der Waals surface area contributed by atoms with Crippen LogP contribution in [0.4, 0.5) is 17.6 Å². The van der Waals surface area contributed by atoms with Crippen LogP contribution in [0.2, 0.25) is 5.02 Å². The van der Waals surface area contributed by atoms with Crippen LogP contribution in [0.15, 0.2) is 30.6 Å². The van der Waals surface area contributed by atoms with Crippen LogP contribution in [0.5, 0.6) is 0 Å². The van der Waals surface area contributed by atoms with Crippen molar-refractivity contribution in [2.75, 3.05) is 0 Å². The molecule has 1 aliphatic rings. The lowest BCUT2D eigenvalue weighted by atomic mass is 10.0. The SMILES string of the molecule is O=C(OC1NCc2cc(-c3c(F)cncc3Cl)ccc21)C(F)(F)F. The average Bonchev–Trinajstić information content (AvgIpc) is 2.88. The van der Waals surface area contributed by atoms with Crippen molar-refractivity contribution in [2.45, 2.75) is 18.9 Å². The Kier molecular flexibility index (Phi) is 4.18. The summed E-state index contributed by atoms with van der Waals surface area (Å²) in [5.41, 5.74) is 1.55. The molecule has 2 heterocycles. The molecule has 0 spiro atoms. The molecule has 0 bridgehead atoms. The fraction of sp³-hybridized carbons (Fsp3) is 0.200. The summed E-state index contributed by atoms with van der Waals surface area (Å²) in [4.78, 5) is 14.6. The number of hydrogen-bond acceptors (Lipinski definition) is 4. The summed E-state index contributed by atoms with van der Waals surface area (Å²) in [6.45, 7) is 0.170. The van der Waals surface area contributed by atoms with Crippen molar-refractivity contribution in [1.29, 1.82) is 0 Å². The molecule has 24 heavy (non-hydrogen) atoms. The van der Waals surface area contributed by atoms with Gasteiger partial charge < -0.3 is 4.74 Å². The molecule has 1 N–H and O–H groups in total. The molecule has 0 saturated heterocycles. The van der Waals surface area contributed by atoms with E-state index in [-0.39, 0.29) is 17.1 Å². The second-order valence-electron chi connectivity index (χ2n) is 5.06. The molecule has 0 fully saturated rings. The number of carbonyl (C=O) groups excluding carboxylic acids is 1. The predicted octanol–water partition coefficient (Wildman–Crippen LogP) is 3.75. The summed E-state index contributed by atoms with van der Waals surface area (Å²) >= 11 is 5.95. The molecule has 1 aromatic heterocycles. The van der Waals surface area contributed by atoms with Gasteiger partial charge in [0.25, 0.3) is 0 Å². The van der Waals surface area contributed by atoms with E-state index in [0.29, 0.717) is 16.7 Å². The van der Waals surface area contributed by atoms with E-state index in [0.717, 1.165) is 6.20 Å². The molecule has 126 valence electrons. The molecule has 3 rings (SSSR count). The minimum absolute atomic E-state index is 0.112. The number of alkyl halides is 3. The number of nitrogens with one attached hydrogen (secondary N) is 1. The Balaban J connectivity index is 1.90. The number of rotatable bonds is 2. The molecular formula is C15H9ClF4N2O2. The first-order valence-electron chi connectivity index (χ1n) is 6.71. The highest BCUT2D eigenvalue weighted by Gasteiger charge is 2.43. The number of benzene rings is 1. The maximum Gasteiger partial charge on any atom is 0.490 e. The minimum atomic E-state index is -5.07. The highest BCUT2D eigenvalue weighted by atomic mass is 35.5. The zero-order valence-corrected chi connectivity index (χ0v) is 12.6. The lowest BCUT2D eigenvalue weighted by Crippen LogP contribution is -2.30. The van der Waals surface area contributed by atoms with E-state index in [1.54, 1.807) is 6.07 Å². The highest BCUT2D eigenvalue weighted by molar-refractivity contribution is 6.33. The molecule has 2 aromatic rings. The van der Waals surface area contributed by atoms with Crippen molar-refractivity contribution >= 4 is 17.6 Å². The smallest absolute Gasteiger partial charge is 0.436 e. The molecule has 1 aromatic carbocycles. The van der Waals surface area contributed by atoms with Gasteiger partial charge >= 0.3 is 12.1 Å². The summed E-state index contributed by atoms with van der Waals surface area (Å²) in [6.07, 6.45) is -3.97. The summed E-state index contributed by atoms with van der Waals surface area (Å²) in [5, 5.41) is 2.76. The van der Waals surface area contributed by atoms with E-state index < -0.39 is 24.2 Å². The van der Waals surface area contributed by atoms with Gasteiger partial charge in [0.1, 0.15) is 0 Å². The molecule has 1 aliphatic heterocycles. The third-order valence-electron chi connectivity index (χ3n) is 3.50. The Morgan fingerprint density at radius 1 is 1.33 bits per heavy atom. The Hall–Kier alpha value is -2.19. The van der Waals surface area contributed by atoms with Crippen molar-refractivity contribution in [1.82, 2.24) is 10.3 Å². The summed E-state index contributed by atoms with van der Waals surface area (Å²) in [5.74, 6) is -2.89. The predicted molar refractivity (Wildman–Crippen MR) is 76.4 cm³/mol. The fourth-order valence-electron chi connectivity index (χ4n) is 2.45. The highest BCUT2D eigenvalue weighted by Crippen LogP contribution is 2.35. The topological polar surface area (TPSA) is 51.2 Å². The van der Waals surface area contributed by atoms with Crippen LogP contribution in [-0.4, -0.2) is 17.1 Å². The van der Waals surface area contributed by atoms with Gasteiger partial charge in [0, 0.05) is 23.9 Å². The van der Waals surface area contributed by atoms with Gasteiger partial charge in [-0.1, -0.05) is 23.7 Å². The lowest BCUT2D eigenvalue weighted by Gasteiger charge is -2.15. The number of ether oxygens (including phenoxy) is 1. The summed E-state index contributed by atoms with van der Waals surface area (Å²) < 4.78 is 55.2. The molecule has 0 aliphatic carbocycles. The Bertz CT molecular complexity index is 790. The van der Waals surface area contributed by atoms with Gasteiger partial charge in [-0.2, -0.15) is 13.2 Å². The molecule has 9 heteroatoms. The number of nitrogens with zero attached hydrogens (tertiary/aromatic N) is 1. The summed E-state index contributed by atoms with van der Waals surface area (Å²) in [7, 11) is 0. The number of pyridine rings is 1. The van der Waals surface area contributed by atoms with Crippen LogP contribution < -0.4 is 5.32 Å². The summed E-state index contributed by atoms with van der Waals surface area (Å²) in [6, 6.07) is 4.54. The Morgan fingerprint density at radius 2 is 2.08 bits per heavy atom. The minimum Gasteiger partial charge on any atom is -0.436 e. The van der Waals surface area contributed by atoms with E-state index in [1.165, 1.54) is 18.3 Å². The first-order chi connectivity index (χ1) is 11.3. The van der Waals surface area contributed by atoms with E-state index in [4.69, 9.17) is 11.6 Å². The Labute approximate surface area is 138 Å². The number of hydrogen-bond donors (Lipinski definition) is 1. The Morgan fingerprint density at radius 3 is 2.75 bits per heavy atom. The van der Waals surface area contributed by atoms with Crippen LogP contribution in [0.3, 0.4) is 0 Å². The second-order valence-corrected chi connectivity index (χ2v) is 5.46. The maximum absolute atomic E-state index is 13.9. The molecule has 1 unspecified atom stereocenters. The van der Waals surface area contributed by atoms with Crippen LogP contribution in [0.1, 0.15) is 17.4 Å². The zero-order valence-electron chi connectivity index (χ0n) is 11.8. The van der Waals surface area contributed by atoms with E-state index in [2.05, 4.69) is 15.0 Å². The first-order valence-corrected chi connectivity index (χ1v) is 7.08. The van der Waals surface area contributed by atoms with E-state index in [1.807, 2.05) is 0 Å². The van der Waals surface area contributed by atoms with Crippen LogP contribution in [0.25, 0.3) is 11.1 Å². The molecule has 0 radical (unpaired) electrons. The molecular weight excluding hydrogens is 352 g/mol. The van der Waals surface area contributed by atoms with Gasteiger partial charge in [-0.3, -0.25) is 10.3 Å². The first kappa shape index (κ1) is 16.7. The number of halogens is 5. The van der Waals surface area contributed by atoms with Gasteiger partial charge in [-0.25, -0.2) is 9.18 Å². The largest absolute Gasteiger partial charge is 0.490 e. The molecule has 1 atom stereocenters. The molecule has 0 amide bonds. The van der Waals surface area contributed by atoms with Gasteiger partial charge in [0.05, 0.1) is 11.2 Å². The molecule has 0 saturated carbocycles. The standard InChI is InChI=1S/C15H9ClF4N2O2/c16-10-5-21-6-11(17)12(10)7-1-2-9-8(3-7)4-22-13(9)24-14(23)15(18,19)20/h1-3,5-6,13,22H,4H2. The van der Waals surface area contributed by atoms with Gasteiger partial charge in [-0.05, 0) is 17.2 Å². The normalized spacial score (nSPS) is 16.8. The third kappa shape index (κ3) is 3.07. The van der Waals surface area contributed by atoms with Crippen molar-refractivity contribution in [3.05, 3.63) is 52.6 Å². The second kappa shape index (κ2) is 6.03. The van der Waals surface area contributed by atoms with Crippen molar-refractivity contribution < 1.29 is 27.1 Å². The third-order valence-corrected chi connectivity index (χ3v) is 3.79. The lowest BCUT2D eigenvalue weighted by molar-refractivity contribution is -0.206. The fourth-order valence-corrected chi connectivity index (χ4v) is 2.70. The van der Waals surface area contributed by atoms with Crippen LogP contribution >= 0.6 is 11.6 Å². The van der Waals surface area contributed by atoms with E-state index >= 15 is 0 Å². The van der Waals surface area contributed by atoms with Crippen LogP contribution in [-0.2, 0) is 16.1 Å². The number of fused-ring (bicyclic) bond motifs is 1.